The van der Waals surface area contributed by atoms with Gasteiger partial charge >= 0.3 is 5.69 Å². The zero-order valence-electron chi connectivity index (χ0n) is 17.3. The molecule has 0 saturated heterocycles. The third kappa shape index (κ3) is 4.72. The Morgan fingerprint density at radius 2 is 1.77 bits per heavy atom. The average Bonchev–Trinajstić information content (AvgIpc) is 2.74. The largest absolute Gasteiger partial charge is 0.497 e. The summed E-state index contributed by atoms with van der Waals surface area (Å²) in [5.41, 5.74) is 0.188. The summed E-state index contributed by atoms with van der Waals surface area (Å²) < 4.78 is 6.11. The van der Waals surface area contributed by atoms with E-state index in [4.69, 9.17) is 4.74 Å². The molecule has 0 saturated carbocycles. The number of benzene rings is 2. The molecular weight excluding hydrogens is 400 g/mol. The van der Waals surface area contributed by atoms with Crippen LogP contribution in [0.1, 0.15) is 25.8 Å². The van der Waals surface area contributed by atoms with Gasteiger partial charge in [-0.15, -0.1) is 0 Å². The number of aliphatic imine (C=N–C) groups is 1. The number of hydrogen-bond acceptors (Lipinski definition) is 6. The summed E-state index contributed by atoms with van der Waals surface area (Å²) in [7, 11) is 1.52. The smallest absolute Gasteiger partial charge is 0.335 e. The number of rotatable bonds is 6. The second-order valence-corrected chi connectivity index (χ2v) is 6.63. The molecule has 0 aliphatic heterocycles. The van der Waals surface area contributed by atoms with Crippen molar-refractivity contribution < 1.29 is 14.6 Å². The molecule has 1 amide bonds. The first-order valence-corrected chi connectivity index (χ1v) is 9.52. The molecule has 0 aliphatic carbocycles. The number of ether oxygens (including phenoxy) is 1. The number of aromatic hydroxyl groups is 1. The molecule has 0 aliphatic rings. The van der Waals surface area contributed by atoms with Crippen molar-refractivity contribution in [2.24, 2.45) is 4.99 Å². The van der Waals surface area contributed by atoms with Crippen molar-refractivity contribution in [1.29, 1.82) is 0 Å². The quantitative estimate of drug-likeness (QED) is 0.527. The highest BCUT2D eigenvalue weighted by atomic mass is 16.5. The zero-order valence-corrected chi connectivity index (χ0v) is 17.3. The highest BCUT2D eigenvalue weighted by molar-refractivity contribution is 6.03. The van der Waals surface area contributed by atoms with Gasteiger partial charge in [-0.2, -0.15) is 0 Å². The van der Waals surface area contributed by atoms with Crippen LogP contribution in [0.25, 0.3) is 5.69 Å². The summed E-state index contributed by atoms with van der Waals surface area (Å²) in [6.45, 7) is 3.19. The van der Waals surface area contributed by atoms with E-state index in [-0.39, 0.29) is 11.5 Å². The van der Waals surface area contributed by atoms with Crippen molar-refractivity contribution in [3.05, 3.63) is 74.9 Å². The van der Waals surface area contributed by atoms with Crippen LogP contribution in [0.5, 0.6) is 11.6 Å². The van der Waals surface area contributed by atoms with E-state index in [1.54, 1.807) is 55.5 Å². The monoisotopic (exact) mass is 422 g/mol. The maximum Gasteiger partial charge on any atom is 0.335 e. The van der Waals surface area contributed by atoms with Gasteiger partial charge in [0, 0.05) is 12.6 Å². The molecule has 1 heterocycles. The van der Waals surface area contributed by atoms with Gasteiger partial charge in [0.1, 0.15) is 11.3 Å². The van der Waals surface area contributed by atoms with Crippen LogP contribution < -0.4 is 21.3 Å². The van der Waals surface area contributed by atoms with E-state index in [2.05, 4.69) is 15.3 Å². The van der Waals surface area contributed by atoms with Gasteiger partial charge in [0.05, 0.1) is 24.2 Å². The SMILES string of the molecule is CCC(=Nc1ccc(NC(C)=O)cc1)c1c(O)n(-c2ccc(OC)cc2)c(=O)[nH]c1=O. The first-order valence-electron chi connectivity index (χ1n) is 9.52. The van der Waals surface area contributed by atoms with Gasteiger partial charge in [-0.25, -0.2) is 9.36 Å². The Morgan fingerprint density at radius 1 is 1.13 bits per heavy atom. The fourth-order valence-corrected chi connectivity index (χ4v) is 3.05. The Morgan fingerprint density at radius 3 is 2.32 bits per heavy atom. The van der Waals surface area contributed by atoms with Gasteiger partial charge in [0.15, 0.2) is 0 Å². The minimum absolute atomic E-state index is 0.0937. The fraction of sp³-hybridized carbons (Fsp3) is 0.182. The van der Waals surface area contributed by atoms with Crippen LogP contribution in [0, 0.1) is 0 Å². The molecule has 2 aromatic carbocycles. The van der Waals surface area contributed by atoms with E-state index < -0.39 is 17.1 Å². The molecule has 31 heavy (non-hydrogen) atoms. The fourth-order valence-electron chi connectivity index (χ4n) is 3.05. The maximum atomic E-state index is 12.5. The molecule has 9 nitrogen and oxygen atoms in total. The highest BCUT2D eigenvalue weighted by Crippen LogP contribution is 2.23. The average molecular weight is 422 g/mol. The number of carbonyl (C=O) groups is 1. The number of H-pyrrole nitrogens is 1. The first kappa shape index (κ1) is 21.6. The lowest BCUT2D eigenvalue weighted by Crippen LogP contribution is -2.33. The lowest BCUT2D eigenvalue weighted by Gasteiger charge is -2.13. The molecule has 0 fully saturated rings. The number of hydrogen-bond donors (Lipinski definition) is 3. The van der Waals surface area contributed by atoms with Crippen molar-refractivity contribution in [1.82, 2.24) is 9.55 Å². The molecule has 3 N–H and O–H groups in total. The van der Waals surface area contributed by atoms with Crippen LogP contribution in [0.3, 0.4) is 0 Å². The number of nitrogens with one attached hydrogen (secondary N) is 2. The van der Waals surface area contributed by atoms with Crippen LogP contribution in [-0.4, -0.2) is 33.4 Å². The lowest BCUT2D eigenvalue weighted by molar-refractivity contribution is -0.114. The standard InChI is InChI=1S/C22H22N4O5/c1-4-18(24-15-7-5-14(6-8-15)23-13(2)27)19-20(28)25-22(30)26(21(19)29)16-9-11-17(31-3)12-10-16/h5-12,29H,4H2,1-3H3,(H,23,27)(H,25,28,30). The Bertz CT molecular complexity index is 1240. The lowest BCUT2D eigenvalue weighted by atomic mass is 10.1. The van der Waals surface area contributed by atoms with E-state index in [1.165, 1.54) is 14.0 Å². The van der Waals surface area contributed by atoms with Gasteiger partial charge < -0.3 is 15.2 Å². The summed E-state index contributed by atoms with van der Waals surface area (Å²) in [6, 6.07) is 13.1. The predicted molar refractivity (Wildman–Crippen MR) is 118 cm³/mol. The van der Waals surface area contributed by atoms with E-state index in [9.17, 15) is 19.5 Å². The second-order valence-electron chi connectivity index (χ2n) is 6.63. The van der Waals surface area contributed by atoms with Gasteiger partial charge in [-0.1, -0.05) is 6.92 Å². The number of carbonyl (C=O) groups excluding carboxylic acids is 1. The predicted octanol–water partition coefficient (Wildman–Crippen LogP) is 2.73. The molecule has 0 spiro atoms. The molecule has 3 aromatic rings. The first-order chi connectivity index (χ1) is 14.8. The van der Waals surface area contributed by atoms with E-state index in [0.717, 1.165) is 4.57 Å². The normalized spacial score (nSPS) is 11.3. The van der Waals surface area contributed by atoms with E-state index in [1.807, 2.05) is 0 Å². The molecule has 0 bridgehead atoms. The topological polar surface area (TPSA) is 126 Å². The number of aromatic nitrogens is 2. The minimum atomic E-state index is -0.772. The van der Waals surface area contributed by atoms with Gasteiger partial charge in [-0.05, 0) is 55.0 Å². The molecule has 160 valence electrons. The number of nitrogens with zero attached hydrogens (tertiary/aromatic N) is 2. The molecule has 9 heteroatoms. The van der Waals surface area contributed by atoms with Crippen molar-refractivity contribution in [2.45, 2.75) is 20.3 Å². The molecule has 0 unspecified atom stereocenters. The number of methoxy groups -OCH3 is 1. The summed E-state index contributed by atoms with van der Waals surface area (Å²) in [5, 5.41) is 13.5. The Kier molecular flexibility index (Phi) is 6.35. The van der Waals surface area contributed by atoms with Crippen LogP contribution >= 0.6 is 0 Å². The Labute approximate surface area is 177 Å². The van der Waals surface area contributed by atoms with Gasteiger partial charge in [-0.3, -0.25) is 19.6 Å². The third-order valence-corrected chi connectivity index (χ3v) is 4.49. The van der Waals surface area contributed by atoms with E-state index in [0.29, 0.717) is 34.9 Å². The second kappa shape index (κ2) is 9.12. The molecule has 0 radical (unpaired) electrons. The highest BCUT2D eigenvalue weighted by Gasteiger charge is 2.19. The Balaban J connectivity index is 2.09. The Hall–Kier alpha value is -4.14. The third-order valence-electron chi connectivity index (χ3n) is 4.49. The molecule has 0 atom stereocenters. The van der Waals surface area contributed by atoms with Crippen molar-refractivity contribution in [3.8, 4) is 17.3 Å². The maximum absolute atomic E-state index is 12.5. The van der Waals surface area contributed by atoms with E-state index >= 15 is 0 Å². The van der Waals surface area contributed by atoms with Crippen molar-refractivity contribution >= 4 is 23.0 Å². The van der Waals surface area contributed by atoms with Crippen LogP contribution in [0.15, 0.2) is 63.1 Å². The molecule has 3 rings (SSSR count). The van der Waals surface area contributed by atoms with Gasteiger partial charge in [0.2, 0.25) is 11.8 Å². The summed E-state index contributed by atoms with van der Waals surface area (Å²) >= 11 is 0. The van der Waals surface area contributed by atoms with Crippen LogP contribution in [0.2, 0.25) is 0 Å². The zero-order chi connectivity index (χ0) is 22.5. The number of anilines is 1. The van der Waals surface area contributed by atoms with Crippen LogP contribution in [-0.2, 0) is 4.79 Å². The number of aromatic amines is 1. The molecular formula is C22H22N4O5. The number of amides is 1. The van der Waals surface area contributed by atoms with Crippen LogP contribution in [0.4, 0.5) is 11.4 Å². The summed E-state index contributed by atoms with van der Waals surface area (Å²) in [5.74, 6) is -0.114. The summed E-state index contributed by atoms with van der Waals surface area (Å²) in [4.78, 5) is 42.8. The molecule has 1 aromatic heterocycles. The minimum Gasteiger partial charge on any atom is -0.497 e. The van der Waals surface area contributed by atoms with Crippen molar-refractivity contribution in [2.75, 3.05) is 12.4 Å². The summed E-state index contributed by atoms with van der Waals surface area (Å²) in [6.07, 6.45) is 0.324. The van der Waals surface area contributed by atoms with Gasteiger partial charge in [0.25, 0.3) is 5.56 Å². The van der Waals surface area contributed by atoms with Crippen molar-refractivity contribution in [3.63, 3.8) is 0 Å².